The van der Waals surface area contributed by atoms with E-state index in [2.05, 4.69) is 14.7 Å². The summed E-state index contributed by atoms with van der Waals surface area (Å²) < 4.78 is 78.0. The first kappa shape index (κ1) is 24.1. The SMILES string of the molecule is O=C(O)C(F)(F)F.O=C(O)C1CC2(CCC(CNc3nc(C(F)(F)F)ns3)OC2)C1. The van der Waals surface area contributed by atoms with Gasteiger partial charge in [-0.25, -0.2) is 4.79 Å². The Kier molecular flexibility index (Phi) is 7.16. The van der Waals surface area contributed by atoms with Crippen LogP contribution < -0.4 is 5.32 Å². The molecule has 3 rings (SSSR count). The number of aliphatic carboxylic acids is 2. The highest BCUT2D eigenvalue weighted by molar-refractivity contribution is 7.09. The number of ether oxygens (including phenoxy) is 1. The molecule has 2 heterocycles. The van der Waals surface area contributed by atoms with Crippen molar-refractivity contribution in [1.29, 1.82) is 0 Å². The number of nitrogens with zero attached hydrogens (tertiary/aromatic N) is 2. The van der Waals surface area contributed by atoms with Gasteiger partial charge in [0.05, 0.1) is 18.6 Å². The van der Waals surface area contributed by atoms with Crippen LogP contribution in [0.25, 0.3) is 0 Å². The number of carboxylic acids is 2. The molecule has 1 spiro atoms. The normalized spacial score (nSPS) is 26.3. The molecule has 1 aliphatic carbocycles. The topological polar surface area (TPSA) is 122 Å². The Bertz CT molecular complexity index is 753. The molecule has 1 unspecified atom stereocenters. The van der Waals surface area contributed by atoms with E-state index in [1.165, 1.54) is 0 Å². The maximum atomic E-state index is 12.4. The summed E-state index contributed by atoms with van der Waals surface area (Å²) in [5, 5.41) is 19.0. The number of aromatic nitrogens is 2. The van der Waals surface area contributed by atoms with Crippen molar-refractivity contribution in [1.82, 2.24) is 9.36 Å². The minimum absolute atomic E-state index is 0.0221. The Morgan fingerprint density at radius 1 is 1.20 bits per heavy atom. The van der Waals surface area contributed by atoms with E-state index in [-0.39, 0.29) is 22.6 Å². The molecule has 1 aromatic heterocycles. The Balaban J connectivity index is 0.000000396. The number of carbonyl (C=O) groups is 2. The fourth-order valence-electron chi connectivity index (χ4n) is 3.17. The number of carboxylic acid groups (broad SMARTS) is 2. The molecule has 2 aliphatic rings. The molecule has 1 atom stereocenters. The maximum Gasteiger partial charge on any atom is 0.490 e. The molecule has 15 heteroatoms. The Labute approximate surface area is 169 Å². The van der Waals surface area contributed by atoms with E-state index < -0.39 is 30.1 Å². The minimum atomic E-state index is -5.08. The van der Waals surface area contributed by atoms with E-state index in [4.69, 9.17) is 19.7 Å². The smallest absolute Gasteiger partial charge is 0.481 e. The zero-order valence-electron chi connectivity index (χ0n) is 15.1. The standard InChI is InChI=1S/C13H16F3N3O3S.C2HF3O2/c14-13(15,16)10-18-11(23-19-10)17-5-8-1-2-12(6-22-8)3-7(4-12)9(20)21;3-2(4,5)1(6)7/h7-8H,1-6H2,(H,20,21)(H,17,18,19);(H,6,7). The van der Waals surface area contributed by atoms with Crippen molar-refractivity contribution < 1.29 is 50.9 Å². The van der Waals surface area contributed by atoms with E-state index >= 15 is 0 Å². The fraction of sp³-hybridized carbons (Fsp3) is 0.733. The van der Waals surface area contributed by atoms with Crippen LogP contribution >= 0.6 is 11.5 Å². The van der Waals surface area contributed by atoms with Crippen molar-refractivity contribution in [2.75, 3.05) is 18.5 Å². The maximum absolute atomic E-state index is 12.4. The summed E-state index contributed by atoms with van der Waals surface area (Å²) in [6.45, 7) is 0.873. The lowest BCUT2D eigenvalue weighted by Gasteiger charge is -2.49. The average molecular weight is 465 g/mol. The van der Waals surface area contributed by atoms with Crippen molar-refractivity contribution in [3.63, 3.8) is 0 Å². The number of alkyl halides is 6. The molecular weight excluding hydrogens is 448 g/mol. The lowest BCUT2D eigenvalue weighted by molar-refractivity contribution is -0.192. The average Bonchev–Trinajstić information content (AvgIpc) is 3.07. The summed E-state index contributed by atoms with van der Waals surface area (Å²) in [5.41, 5.74) is -0.0221. The van der Waals surface area contributed by atoms with Gasteiger partial charge in [-0.15, -0.1) is 0 Å². The first-order valence-electron chi connectivity index (χ1n) is 8.51. The Morgan fingerprint density at radius 2 is 1.80 bits per heavy atom. The predicted octanol–water partition coefficient (Wildman–Crippen LogP) is 3.26. The highest BCUT2D eigenvalue weighted by atomic mass is 32.1. The molecule has 1 aromatic rings. The molecule has 8 nitrogen and oxygen atoms in total. The molecule has 2 fully saturated rings. The third kappa shape index (κ3) is 6.42. The third-order valence-corrected chi connectivity index (χ3v) is 5.41. The van der Waals surface area contributed by atoms with Crippen LogP contribution in [0, 0.1) is 11.3 Å². The molecule has 1 aliphatic heterocycles. The van der Waals surface area contributed by atoms with Crippen LogP contribution in [-0.4, -0.2) is 56.9 Å². The van der Waals surface area contributed by atoms with Gasteiger partial charge in [-0.3, -0.25) is 4.79 Å². The molecule has 3 N–H and O–H groups in total. The van der Waals surface area contributed by atoms with Crippen molar-refractivity contribution in [3.8, 4) is 0 Å². The van der Waals surface area contributed by atoms with Gasteiger partial charge < -0.3 is 20.3 Å². The second-order valence-corrected chi connectivity index (χ2v) is 7.77. The van der Waals surface area contributed by atoms with E-state index in [1.54, 1.807) is 0 Å². The first-order chi connectivity index (χ1) is 13.7. The van der Waals surface area contributed by atoms with Gasteiger partial charge in [0.15, 0.2) is 0 Å². The van der Waals surface area contributed by atoms with Crippen LogP contribution in [0.5, 0.6) is 0 Å². The van der Waals surface area contributed by atoms with Gasteiger partial charge in [-0.1, -0.05) is 0 Å². The zero-order chi connectivity index (χ0) is 22.7. The molecule has 1 saturated heterocycles. The number of anilines is 1. The van der Waals surface area contributed by atoms with Crippen molar-refractivity contribution >= 4 is 28.6 Å². The van der Waals surface area contributed by atoms with E-state index in [1.807, 2.05) is 0 Å². The van der Waals surface area contributed by atoms with Gasteiger partial charge >= 0.3 is 24.3 Å². The molecular formula is C15H17F6N3O5S. The largest absolute Gasteiger partial charge is 0.490 e. The molecule has 0 amide bonds. The van der Waals surface area contributed by atoms with E-state index in [0.717, 1.165) is 12.8 Å². The van der Waals surface area contributed by atoms with Gasteiger partial charge in [-0.2, -0.15) is 35.7 Å². The van der Waals surface area contributed by atoms with Gasteiger partial charge in [0.25, 0.3) is 0 Å². The number of halogens is 6. The van der Waals surface area contributed by atoms with Crippen LogP contribution in [0.4, 0.5) is 31.5 Å². The van der Waals surface area contributed by atoms with Gasteiger partial charge in [0.1, 0.15) is 0 Å². The molecule has 0 bridgehead atoms. The molecule has 0 aromatic carbocycles. The van der Waals surface area contributed by atoms with Gasteiger partial charge in [0.2, 0.25) is 11.0 Å². The van der Waals surface area contributed by atoms with E-state index in [9.17, 15) is 31.1 Å². The number of nitrogens with one attached hydrogen (secondary N) is 1. The molecule has 30 heavy (non-hydrogen) atoms. The fourth-order valence-corrected chi connectivity index (χ4v) is 3.76. The summed E-state index contributed by atoms with van der Waals surface area (Å²) in [4.78, 5) is 23.2. The lowest BCUT2D eigenvalue weighted by atomic mass is 9.59. The second-order valence-electron chi connectivity index (χ2n) is 7.02. The summed E-state index contributed by atoms with van der Waals surface area (Å²) in [7, 11) is 0. The first-order valence-corrected chi connectivity index (χ1v) is 9.28. The van der Waals surface area contributed by atoms with Crippen molar-refractivity contribution in [3.05, 3.63) is 5.82 Å². The molecule has 1 saturated carbocycles. The van der Waals surface area contributed by atoms with Gasteiger partial charge in [-0.05, 0) is 31.1 Å². The molecule has 0 radical (unpaired) electrons. The lowest BCUT2D eigenvalue weighted by Crippen LogP contribution is -2.49. The third-order valence-electron chi connectivity index (χ3n) is 4.73. The van der Waals surface area contributed by atoms with Crippen molar-refractivity contribution in [2.24, 2.45) is 11.3 Å². The Morgan fingerprint density at radius 3 is 2.20 bits per heavy atom. The van der Waals surface area contributed by atoms with Crippen LogP contribution in [-0.2, 0) is 20.5 Å². The predicted molar refractivity (Wildman–Crippen MR) is 88.9 cm³/mol. The quantitative estimate of drug-likeness (QED) is 0.580. The highest BCUT2D eigenvalue weighted by Crippen LogP contribution is 2.51. The summed E-state index contributed by atoms with van der Waals surface area (Å²) >= 11 is 0.671. The van der Waals surface area contributed by atoms with Crippen LogP contribution in [0.1, 0.15) is 31.5 Å². The summed E-state index contributed by atoms with van der Waals surface area (Å²) in [5.74, 6) is -4.91. The number of rotatable bonds is 4. The van der Waals surface area contributed by atoms with Crippen LogP contribution in [0.15, 0.2) is 0 Å². The zero-order valence-corrected chi connectivity index (χ0v) is 15.9. The number of hydrogen-bond acceptors (Lipinski definition) is 7. The second kappa shape index (κ2) is 8.91. The minimum Gasteiger partial charge on any atom is -0.481 e. The summed E-state index contributed by atoms with van der Waals surface area (Å²) in [6, 6.07) is 0. The Hall–Kier alpha value is -2.16. The summed E-state index contributed by atoms with van der Waals surface area (Å²) in [6.07, 6.45) is -6.80. The monoisotopic (exact) mass is 465 g/mol. The van der Waals surface area contributed by atoms with Crippen LogP contribution in [0.3, 0.4) is 0 Å². The van der Waals surface area contributed by atoms with Crippen LogP contribution in [0.2, 0.25) is 0 Å². The molecule has 170 valence electrons. The van der Waals surface area contributed by atoms with E-state index in [0.29, 0.717) is 37.5 Å². The van der Waals surface area contributed by atoms with Crippen molar-refractivity contribution in [2.45, 2.75) is 44.1 Å². The van der Waals surface area contributed by atoms with Gasteiger partial charge in [0, 0.05) is 18.1 Å². The number of hydrogen-bond donors (Lipinski definition) is 3. The highest BCUT2D eigenvalue weighted by Gasteiger charge is 2.49.